The van der Waals surface area contributed by atoms with E-state index >= 15 is 0 Å². The second-order valence-electron chi connectivity index (χ2n) is 23.2. The summed E-state index contributed by atoms with van der Waals surface area (Å²) in [5, 5.41) is 10.5. The molecule has 17 nitrogen and oxygen atoms in total. The van der Waals surface area contributed by atoms with Crippen molar-refractivity contribution in [1.29, 1.82) is 0 Å². The molecule has 0 spiro atoms. The molecule has 0 saturated heterocycles. The summed E-state index contributed by atoms with van der Waals surface area (Å²) in [4.78, 5) is 72.2. The van der Waals surface area contributed by atoms with E-state index in [0.29, 0.717) is 25.7 Å². The Hall–Kier alpha value is -1.94. The zero-order valence-corrected chi connectivity index (χ0v) is 54.9. The Morgan fingerprint density at radius 3 is 0.711 bits per heavy atom. The summed E-state index contributed by atoms with van der Waals surface area (Å²) in [6, 6.07) is 0. The van der Waals surface area contributed by atoms with E-state index in [9.17, 15) is 43.2 Å². The molecule has 5 atom stereocenters. The first-order valence-electron chi connectivity index (χ1n) is 33.8. The molecule has 0 aromatic heterocycles. The van der Waals surface area contributed by atoms with E-state index < -0.39 is 97.5 Å². The number of esters is 4. The quantitative estimate of drug-likeness (QED) is 0.0222. The lowest BCUT2D eigenvalue weighted by molar-refractivity contribution is -0.161. The number of unbranched alkanes of at least 4 members (excludes halogenated alkanes) is 39. The average molecular weight is 1230 g/mol. The molecule has 0 bridgehead atoms. The second-order valence-corrected chi connectivity index (χ2v) is 26.1. The lowest BCUT2D eigenvalue weighted by Gasteiger charge is -2.21. The van der Waals surface area contributed by atoms with E-state index in [0.717, 1.165) is 89.9 Å². The lowest BCUT2D eigenvalue weighted by atomic mass is 10.0. The molecular weight excluding hydrogens is 1100 g/mol. The van der Waals surface area contributed by atoms with Gasteiger partial charge in [0.2, 0.25) is 0 Å². The maximum Gasteiger partial charge on any atom is 0.472 e. The number of ether oxygens (including phenoxy) is 4. The number of phosphoric acid groups is 2. The molecule has 83 heavy (non-hydrogen) atoms. The van der Waals surface area contributed by atoms with Crippen molar-refractivity contribution < 1.29 is 80.2 Å². The van der Waals surface area contributed by atoms with Crippen molar-refractivity contribution in [1.82, 2.24) is 0 Å². The minimum absolute atomic E-state index is 0.107. The van der Waals surface area contributed by atoms with Gasteiger partial charge in [0, 0.05) is 25.7 Å². The largest absolute Gasteiger partial charge is 0.472 e. The molecule has 0 rings (SSSR count). The van der Waals surface area contributed by atoms with Crippen LogP contribution in [0.2, 0.25) is 0 Å². The van der Waals surface area contributed by atoms with Gasteiger partial charge >= 0.3 is 39.5 Å². The van der Waals surface area contributed by atoms with Crippen LogP contribution in [0.3, 0.4) is 0 Å². The number of hydrogen-bond donors (Lipinski definition) is 3. The molecule has 0 fully saturated rings. The minimum Gasteiger partial charge on any atom is -0.462 e. The molecular formula is C64H124O17P2. The van der Waals surface area contributed by atoms with Crippen LogP contribution in [0.5, 0.6) is 0 Å². The lowest BCUT2D eigenvalue weighted by Crippen LogP contribution is -2.30. The van der Waals surface area contributed by atoms with Crippen LogP contribution < -0.4 is 0 Å². The summed E-state index contributed by atoms with van der Waals surface area (Å²) in [6.07, 6.45) is 44.2. The standard InChI is InChI=1S/C64H124O17P2/c1-5-9-13-17-21-25-28-31-35-39-43-47-51-64(69)81-60(55-75-62(67)49-45-41-37-33-29-26-22-18-14-10-6-2)57-79-83(72,73)77-53-58(65)52-76-82(70,71)78-56-59(54-74-61(66)48-44-40-36-32-24-20-16-12-8-4)80-63(68)50-46-42-38-34-30-27-23-19-15-11-7-3/h58-60,65H,5-57H2,1-4H3,(H,70,71)(H,72,73)/t58-,59+,60+/m0/s1. The van der Waals surface area contributed by atoms with Gasteiger partial charge in [-0.25, -0.2) is 9.13 Å². The maximum absolute atomic E-state index is 13.0. The number of phosphoric ester groups is 2. The van der Waals surface area contributed by atoms with E-state index in [4.69, 9.17) is 37.0 Å². The van der Waals surface area contributed by atoms with Crippen LogP contribution in [0.1, 0.15) is 329 Å². The molecule has 0 radical (unpaired) electrons. The minimum atomic E-state index is -4.94. The van der Waals surface area contributed by atoms with Crippen LogP contribution in [-0.4, -0.2) is 96.7 Å². The van der Waals surface area contributed by atoms with E-state index in [1.165, 1.54) is 161 Å². The van der Waals surface area contributed by atoms with Gasteiger partial charge in [-0.05, 0) is 25.7 Å². The van der Waals surface area contributed by atoms with Crippen molar-refractivity contribution in [2.24, 2.45) is 0 Å². The number of carbonyl (C=O) groups is 4. The third-order valence-electron chi connectivity index (χ3n) is 14.9. The van der Waals surface area contributed by atoms with Crippen LogP contribution in [0, 0.1) is 0 Å². The maximum atomic E-state index is 13.0. The highest BCUT2D eigenvalue weighted by Gasteiger charge is 2.30. The van der Waals surface area contributed by atoms with Crippen LogP contribution >= 0.6 is 15.6 Å². The molecule has 0 amide bonds. The smallest absolute Gasteiger partial charge is 0.462 e. The van der Waals surface area contributed by atoms with Gasteiger partial charge in [0.25, 0.3) is 0 Å². The number of rotatable bonds is 65. The second kappa shape index (κ2) is 59.0. The normalized spacial score (nSPS) is 14.2. The van der Waals surface area contributed by atoms with Crippen molar-refractivity contribution in [3.05, 3.63) is 0 Å². The highest BCUT2D eigenvalue weighted by molar-refractivity contribution is 7.47. The molecule has 3 N–H and O–H groups in total. The first-order chi connectivity index (χ1) is 40.2. The molecule has 0 aromatic carbocycles. The molecule has 0 aliphatic heterocycles. The van der Waals surface area contributed by atoms with E-state index in [1.807, 2.05) is 0 Å². The molecule has 0 aliphatic rings. The van der Waals surface area contributed by atoms with Gasteiger partial charge < -0.3 is 33.8 Å². The fourth-order valence-corrected chi connectivity index (χ4v) is 11.2. The van der Waals surface area contributed by atoms with Crippen molar-refractivity contribution in [2.75, 3.05) is 39.6 Å². The first-order valence-corrected chi connectivity index (χ1v) is 36.8. The van der Waals surface area contributed by atoms with Gasteiger partial charge in [0.1, 0.15) is 19.3 Å². The Labute approximate surface area is 505 Å². The first kappa shape index (κ1) is 81.1. The zero-order valence-electron chi connectivity index (χ0n) is 53.2. The zero-order chi connectivity index (χ0) is 61.2. The van der Waals surface area contributed by atoms with Gasteiger partial charge in [-0.2, -0.15) is 0 Å². The highest BCUT2D eigenvalue weighted by atomic mass is 31.2. The van der Waals surface area contributed by atoms with Gasteiger partial charge in [-0.3, -0.25) is 37.3 Å². The van der Waals surface area contributed by atoms with E-state index in [-0.39, 0.29) is 25.7 Å². The molecule has 0 aromatic rings. The number of hydrogen-bond acceptors (Lipinski definition) is 15. The summed E-state index contributed by atoms with van der Waals surface area (Å²) in [5.41, 5.74) is 0. The van der Waals surface area contributed by atoms with Gasteiger partial charge in [0.05, 0.1) is 26.4 Å². The Morgan fingerprint density at radius 1 is 0.289 bits per heavy atom. The van der Waals surface area contributed by atoms with Crippen LogP contribution in [0.15, 0.2) is 0 Å². The monoisotopic (exact) mass is 1230 g/mol. The Balaban J connectivity index is 5.23. The molecule has 0 heterocycles. The topological polar surface area (TPSA) is 237 Å². The fraction of sp³-hybridized carbons (Fsp3) is 0.938. The van der Waals surface area contributed by atoms with Gasteiger partial charge in [0.15, 0.2) is 12.2 Å². The summed E-state index contributed by atoms with van der Waals surface area (Å²) in [5.74, 6) is -2.13. The summed E-state index contributed by atoms with van der Waals surface area (Å²) in [7, 11) is -9.88. The molecule has 0 aliphatic carbocycles. The summed E-state index contributed by atoms with van der Waals surface area (Å²) >= 11 is 0. The third kappa shape index (κ3) is 58.8. The van der Waals surface area contributed by atoms with Crippen molar-refractivity contribution in [3.63, 3.8) is 0 Å². The van der Waals surface area contributed by atoms with Crippen LogP contribution in [0.4, 0.5) is 0 Å². The molecule has 19 heteroatoms. The Bertz CT molecular complexity index is 1600. The average Bonchev–Trinajstić information content (AvgIpc) is 3.50. The third-order valence-corrected chi connectivity index (χ3v) is 16.8. The van der Waals surface area contributed by atoms with Gasteiger partial charge in [-0.1, -0.05) is 278 Å². The highest BCUT2D eigenvalue weighted by Crippen LogP contribution is 2.45. The van der Waals surface area contributed by atoms with Crippen LogP contribution in [0.25, 0.3) is 0 Å². The Morgan fingerprint density at radius 2 is 0.482 bits per heavy atom. The predicted octanol–water partition coefficient (Wildman–Crippen LogP) is 17.9. The van der Waals surface area contributed by atoms with Crippen molar-refractivity contribution in [2.45, 2.75) is 348 Å². The van der Waals surface area contributed by atoms with Crippen molar-refractivity contribution in [3.8, 4) is 0 Å². The SMILES string of the molecule is CCCCCCCCCCCCCCC(=O)O[C@H](COC(=O)CCCCCCCCCCCCC)COP(=O)(O)OC[C@@H](O)COP(=O)(O)OC[C@@H](COC(=O)CCCCCCCCCCC)OC(=O)CCCCCCCCCCCCC. The number of aliphatic hydroxyl groups is 1. The van der Waals surface area contributed by atoms with Gasteiger partial charge in [-0.15, -0.1) is 0 Å². The van der Waals surface area contributed by atoms with E-state index in [1.54, 1.807) is 0 Å². The number of aliphatic hydroxyl groups excluding tert-OH is 1. The molecule has 0 saturated carbocycles. The fourth-order valence-electron chi connectivity index (χ4n) is 9.63. The van der Waals surface area contributed by atoms with Crippen LogP contribution in [-0.2, 0) is 65.4 Å². The summed E-state index contributed by atoms with van der Waals surface area (Å²) in [6.45, 7) is 4.88. The Kier molecular flexibility index (Phi) is 57.7. The predicted molar refractivity (Wildman–Crippen MR) is 331 cm³/mol. The number of carbonyl (C=O) groups excluding carboxylic acids is 4. The molecule has 2 unspecified atom stereocenters. The van der Waals surface area contributed by atoms with Crippen molar-refractivity contribution >= 4 is 39.5 Å². The molecule has 492 valence electrons. The summed E-state index contributed by atoms with van der Waals surface area (Å²) < 4.78 is 68.0. The van der Waals surface area contributed by atoms with E-state index in [2.05, 4.69) is 27.7 Å².